The minimum atomic E-state index is 0.0568. The van der Waals surface area contributed by atoms with Crippen molar-refractivity contribution in [3.63, 3.8) is 0 Å². The summed E-state index contributed by atoms with van der Waals surface area (Å²) in [6.07, 6.45) is 0.932. The lowest BCUT2D eigenvalue weighted by Gasteiger charge is -2.44. The molecule has 4 heteroatoms. The molecule has 0 aromatic rings. The van der Waals surface area contributed by atoms with E-state index in [2.05, 4.69) is 60.3 Å². The maximum atomic E-state index is 11.9. The summed E-state index contributed by atoms with van der Waals surface area (Å²) in [5.41, 5.74) is 2.99. The van der Waals surface area contributed by atoms with E-state index in [0.717, 1.165) is 13.0 Å². The summed E-state index contributed by atoms with van der Waals surface area (Å²) in [7, 11) is 1.93. The van der Waals surface area contributed by atoms with Gasteiger partial charge in [-0.2, -0.15) is 0 Å². The van der Waals surface area contributed by atoms with Crippen molar-refractivity contribution in [1.82, 2.24) is 9.80 Å². The molecule has 142 valence electrons. The van der Waals surface area contributed by atoms with Crippen LogP contribution < -0.4 is 0 Å². The van der Waals surface area contributed by atoms with Crippen LogP contribution in [0.25, 0.3) is 0 Å². The minimum Gasteiger partial charge on any atom is -0.341 e. The Balaban J connectivity index is 2.60. The third kappa shape index (κ3) is 3.78. The number of fused-ring (bicyclic) bond motifs is 1. The summed E-state index contributed by atoms with van der Waals surface area (Å²) >= 11 is 0. The van der Waals surface area contributed by atoms with Crippen LogP contribution in [0, 0.1) is 16.7 Å². The molecular weight excluding hydrogens is 310 g/mol. The molecule has 0 aromatic heterocycles. The zero-order valence-electron chi connectivity index (χ0n) is 17.9. The Labute approximate surface area is 154 Å². The van der Waals surface area contributed by atoms with Crippen LogP contribution in [0.15, 0.2) is 16.3 Å². The molecule has 1 amide bonds. The lowest BCUT2D eigenvalue weighted by molar-refractivity contribution is -0.129. The van der Waals surface area contributed by atoms with Crippen LogP contribution in [-0.4, -0.2) is 47.2 Å². The second-order valence-corrected chi connectivity index (χ2v) is 10.1. The molecule has 0 saturated carbocycles. The Kier molecular flexibility index (Phi) is 5.15. The highest BCUT2D eigenvalue weighted by atomic mass is 16.2. The monoisotopic (exact) mass is 347 g/mol. The molecule has 0 spiro atoms. The predicted molar refractivity (Wildman–Crippen MR) is 106 cm³/mol. The summed E-state index contributed by atoms with van der Waals surface area (Å²) in [4.78, 5) is 21.5. The van der Waals surface area contributed by atoms with Crippen molar-refractivity contribution in [2.45, 2.75) is 80.8 Å². The molecule has 25 heavy (non-hydrogen) atoms. The lowest BCUT2D eigenvalue weighted by Crippen LogP contribution is -2.45. The molecule has 2 atom stereocenters. The first-order valence-electron chi connectivity index (χ1n) is 9.57. The number of carbonyl (C=O) groups excluding carboxylic acids is 1. The van der Waals surface area contributed by atoms with E-state index in [-0.39, 0.29) is 28.8 Å². The van der Waals surface area contributed by atoms with E-state index in [4.69, 9.17) is 4.99 Å². The molecule has 0 unspecified atom stereocenters. The molecule has 1 fully saturated rings. The fourth-order valence-corrected chi connectivity index (χ4v) is 4.08. The van der Waals surface area contributed by atoms with Crippen LogP contribution in [-0.2, 0) is 4.79 Å². The number of likely N-dealkylation sites (N-methyl/N-ethyl adjacent to an activating group) is 1. The number of aliphatic imine (C=N–C) groups is 1. The van der Waals surface area contributed by atoms with Gasteiger partial charge in [-0.25, -0.2) is 0 Å². The molecule has 2 heterocycles. The molecule has 0 radical (unpaired) electrons. The molecule has 2 rings (SSSR count). The molecule has 0 aliphatic carbocycles. The van der Waals surface area contributed by atoms with Crippen molar-refractivity contribution < 1.29 is 4.79 Å². The fourth-order valence-electron chi connectivity index (χ4n) is 4.08. The van der Waals surface area contributed by atoms with Crippen LogP contribution in [0.4, 0.5) is 0 Å². The number of amides is 1. The summed E-state index contributed by atoms with van der Waals surface area (Å²) in [6, 6.07) is 0.421. The number of hydrogen-bond donors (Lipinski definition) is 0. The number of hydrogen-bond acceptors (Lipinski definition) is 3. The van der Waals surface area contributed by atoms with Crippen molar-refractivity contribution in [3.8, 4) is 0 Å². The van der Waals surface area contributed by atoms with E-state index in [1.807, 2.05) is 11.9 Å². The van der Waals surface area contributed by atoms with Crippen LogP contribution in [0.2, 0.25) is 0 Å². The van der Waals surface area contributed by atoms with E-state index in [0.29, 0.717) is 5.92 Å². The van der Waals surface area contributed by atoms with Crippen molar-refractivity contribution >= 4 is 11.7 Å². The number of rotatable bonds is 2. The van der Waals surface area contributed by atoms with E-state index in [9.17, 15) is 4.79 Å². The molecule has 2 aliphatic rings. The second kappa shape index (κ2) is 6.44. The minimum absolute atomic E-state index is 0.0568. The summed E-state index contributed by atoms with van der Waals surface area (Å²) in [6.45, 7) is 20.7. The number of amidine groups is 1. The maximum absolute atomic E-state index is 11.9. The Hall–Kier alpha value is -1.32. The standard InChI is InChI=1S/C21H37N3O/c1-13(2)19-22-18(21(7,8)9)17(20(4,5)6)16-11-15(12-24(16)19)23(10)14(3)25/h13,15,18H,11-12H2,1-10H3/t15-,18+/m0/s1. The van der Waals surface area contributed by atoms with E-state index in [1.165, 1.54) is 17.1 Å². The maximum Gasteiger partial charge on any atom is 0.219 e. The highest BCUT2D eigenvalue weighted by Gasteiger charge is 2.45. The van der Waals surface area contributed by atoms with Gasteiger partial charge in [-0.1, -0.05) is 55.4 Å². The molecular formula is C21H37N3O. The van der Waals surface area contributed by atoms with Gasteiger partial charge in [-0.3, -0.25) is 9.79 Å². The van der Waals surface area contributed by atoms with E-state index < -0.39 is 0 Å². The topological polar surface area (TPSA) is 35.9 Å². The highest BCUT2D eigenvalue weighted by molar-refractivity contribution is 5.88. The summed E-state index contributed by atoms with van der Waals surface area (Å²) < 4.78 is 0. The normalized spacial score (nSPS) is 24.6. The van der Waals surface area contributed by atoms with Gasteiger partial charge < -0.3 is 9.80 Å². The largest absolute Gasteiger partial charge is 0.341 e. The lowest BCUT2D eigenvalue weighted by atomic mass is 9.71. The third-order valence-corrected chi connectivity index (χ3v) is 5.46. The van der Waals surface area contributed by atoms with Crippen molar-refractivity contribution in [2.75, 3.05) is 13.6 Å². The van der Waals surface area contributed by atoms with Crippen LogP contribution in [0.3, 0.4) is 0 Å². The molecule has 4 nitrogen and oxygen atoms in total. The predicted octanol–water partition coefficient (Wildman–Crippen LogP) is 4.32. The van der Waals surface area contributed by atoms with Crippen molar-refractivity contribution in [3.05, 3.63) is 11.3 Å². The summed E-state index contributed by atoms with van der Waals surface area (Å²) in [5.74, 6) is 1.70. The van der Waals surface area contributed by atoms with E-state index in [1.54, 1.807) is 6.92 Å². The molecule has 0 aromatic carbocycles. The molecule has 0 bridgehead atoms. The van der Waals surface area contributed by atoms with Crippen LogP contribution >= 0.6 is 0 Å². The van der Waals surface area contributed by atoms with Crippen molar-refractivity contribution in [2.24, 2.45) is 21.7 Å². The van der Waals surface area contributed by atoms with Gasteiger partial charge in [0.15, 0.2) is 0 Å². The smallest absolute Gasteiger partial charge is 0.219 e. The zero-order valence-corrected chi connectivity index (χ0v) is 17.9. The first kappa shape index (κ1) is 20.0. The van der Waals surface area contributed by atoms with Gasteiger partial charge >= 0.3 is 0 Å². The highest BCUT2D eigenvalue weighted by Crippen LogP contribution is 2.46. The first-order chi connectivity index (χ1) is 11.2. The van der Waals surface area contributed by atoms with Crippen LogP contribution in [0.1, 0.15) is 68.7 Å². The first-order valence-corrected chi connectivity index (χ1v) is 9.57. The third-order valence-electron chi connectivity index (χ3n) is 5.46. The van der Waals surface area contributed by atoms with Gasteiger partial charge in [-0.15, -0.1) is 0 Å². The summed E-state index contributed by atoms with van der Waals surface area (Å²) in [5, 5.41) is 0. The Morgan fingerprint density at radius 1 is 1.20 bits per heavy atom. The number of carbonyl (C=O) groups is 1. The Morgan fingerprint density at radius 3 is 2.16 bits per heavy atom. The second-order valence-electron chi connectivity index (χ2n) is 10.1. The SMILES string of the molecule is CC(=O)N(C)[C@H]1CC2=C(C(C)(C)C)[C@H](C(C)(C)C)N=C(C(C)C)N2C1. The van der Waals surface area contributed by atoms with Gasteiger partial charge in [0.1, 0.15) is 5.84 Å². The van der Waals surface area contributed by atoms with E-state index >= 15 is 0 Å². The molecule has 2 aliphatic heterocycles. The fraction of sp³-hybridized carbons (Fsp3) is 0.810. The average molecular weight is 348 g/mol. The average Bonchev–Trinajstić information content (AvgIpc) is 2.86. The quantitative estimate of drug-likeness (QED) is 0.746. The van der Waals surface area contributed by atoms with Gasteiger partial charge in [0.05, 0.1) is 12.1 Å². The zero-order chi connectivity index (χ0) is 19.3. The molecule has 0 N–H and O–H groups in total. The van der Waals surface area contributed by atoms with Gasteiger partial charge in [0.2, 0.25) is 5.91 Å². The van der Waals surface area contributed by atoms with Crippen molar-refractivity contribution in [1.29, 1.82) is 0 Å². The van der Waals surface area contributed by atoms with Gasteiger partial charge in [0, 0.05) is 38.6 Å². The molecule has 1 saturated heterocycles. The van der Waals surface area contributed by atoms with Gasteiger partial charge in [0.25, 0.3) is 0 Å². The van der Waals surface area contributed by atoms with Gasteiger partial charge in [-0.05, 0) is 16.4 Å². The Bertz CT molecular complexity index is 602. The number of nitrogens with zero attached hydrogens (tertiary/aromatic N) is 3. The Morgan fingerprint density at radius 2 is 1.76 bits per heavy atom. The van der Waals surface area contributed by atoms with Crippen LogP contribution in [0.5, 0.6) is 0 Å².